The summed E-state index contributed by atoms with van der Waals surface area (Å²) in [5, 5.41) is 0.444. The van der Waals surface area contributed by atoms with Crippen LogP contribution in [-0.4, -0.2) is 6.04 Å². The van der Waals surface area contributed by atoms with Crippen molar-refractivity contribution in [2.45, 2.75) is 25.8 Å². The molecule has 0 bridgehead atoms. The predicted molar refractivity (Wildman–Crippen MR) is 48.2 cm³/mol. The van der Waals surface area contributed by atoms with Gasteiger partial charge in [-0.25, -0.2) is 0 Å². The summed E-state index contributed by atoms with van der Waals surface area (Å²) in [6.07, 6.45) is 0. The van der Waals surface area contributed by atoms with Crippen LogP contribution in [0.3, 0.4) is 0 Å². The molecule has 0 amide bonds. The largest absolute Gasteiger partial charge is 0.449 e. The standard InChI is InChI=1S/C9H12ClNO/c1-9(2)7(8(9)11)5-3-4-6(10)12-5/h3-4,7-8H,11H2,1-2H3. The second kappa shape index (κ2) is 2.27. The monoisotopic (exact) mass is 185 g/mol. The van der Waals surface area contributed by atoms with E-state index in [9.17, 15) is 0 Å². The van der Waals surface area contributed by atoms with Crippen molar-refractivity contribution in [1.29, 1.82) is 0 Å². The Balaban J connectivity index is 2.24. The van der Waals surface area contributed by atoms with Gasteiger partial charge in [-0.1, -0.05) is 13.8 Å². The fourth-order valence-corrected chi connectivity index (χ4v) is 1.87. The molecule has 1 aliphatic rings. The average molecular weight is 186 g/mol. The average Bonchev–Trinajstić information content (AvgIpc) is 2.38. The van der Waals surface area contributed by atoms with Crippen LogP contribution in [0.25, 0.3) is 0 Å². The first-order valence-corrected chi connectivity index (χ1v) is 4.42. The molecule has 1 aromatic rings. The SMILES string of the molecule is CC1(C)C(N)C1c1ccc(Cl)o1. The summed E-state index contributed by atoms with van der Waals surface area (Å²) < 4.78 is 5.30. The highest BCUT2D eigenvalue weighted by atomic mass is 35.5. The van der Waals surface area contributed by atoms with Crippen LogP contribution in [0, 0.1) is 5.41 Å². The molecule has 2 unspecified atom stereocenters. The Morgan fingerprint density at radius 3 is 2.42 bits per heavy atom. The van der Waals surface area contributed by atoms with Gasteiger partial charge in [-0.3, -0.25) is 0 Å². The summed E-state index contributed by atoms with van der Waals surface area (Å²) >= 11 is 5.67. The van der Waals surface area contributed by atoms with Gasteiger partial charge >= 0.3 is 0 Å². The normalized spacial score (nSPS) is 32.0. The van der Waals surface area contributed by atoms with E-state index in [0.29, 0.717) is 11.1 Å². The third-order valence-electron chi connectivity index (χ3n) is 2.81. The zero-order valence-corrected chi connectivity index (χ0v) is 7.93. The van der Waals surface area contributed by atoms with Crippen molar-refractivity contribution in [1.82, 2.24) is 0 Å². The van der Waals surface area contributed by atoms with Gasteiger partial charge in [0.1, 0.15) is 5.76 Å². The molecule has 2 atom stereocenters. The lowest BCUT2D eigenvalue weighted by atomic mass is 10.1. The van der Waals surface area contributed by atoms with Gasteiger partial charge in [0.25, 0.3) is 0 Å². The number of nitrogens with two attached hydrogens (primary N) is 1. The van der Waals surface area contributed by atoms with Gasteiger partial charge in [0.15, 0.2) is 5.22 Å². The lowest BCUT2D eigenvalue weighted by molar-refractivity contribution is 0.483. The molecular weight excluding hydrogens is 174 g/mol. The molecule has 3 heteroatoms. The van der Waals surface area contributed by atoms with E-state index in [-0.39, 0.29) is 11.5 Å². The zero-order valence-electron chi connectivity index (χ0n) is 7.17. The van der Waals surface area contributed by atoms with Gasteiger partial charge in [0.05, 0.1) is 0 Å². The molecule has 0 radical (unpaired) electrons. The highest BCUT2D eigenvalue weighted by Gasteiger charge is 2.57. The first-order valence-electron chi connectivity index (χ1n) is 4.04. The number of hydrogen-bond donors (Lipinski definition) is 1. The summed E-state index contributed by atoms with van der Waals surface area (Å²) in [6.45, 7) is 4.28. The van der Waals surface area contributed by atoms with Crippen molar-refractivity contribution in [2.75, 3.05) is 0 Å². The molecule has 0 saturated heterocycles. The fraction of sp³-hybridized carbons (Fsp3) is 0.556. The number of halogens is 1. The molecule has 1 fully saturated rings. The minimum Gasteiger partial charge on any atom is -0.449 e. The Labute approximate surface area is 76.7 Å². The lowest BCUT2D eigenvalue weighted by Gasteiger charge is -1.97. The summed E-state index contributed by atoms with van der Waals surface area (Å²) in [5.41, 5.74) is 6.05. The summed E-state index contributed by atoms with van der Waals surface area (Å²) in [6, 6.07) is 3.87. The summed E-state index contributed by atoms with van der Waals surface area (Å²) in [5.74, 6) is 1.25. The topological polar surface area (TPSA) is 39.2 Å². The number of hydrogen-bond acceptors (Lipinski definition) is 2. The van der Waals surface area contributed by atoms with Gasteiger partial charge in [-0.2, -0.15) is 0 Å². The molecule has 0 spiro atoms. The number of furan rings is 1. The molecule has 2 rings (SSSR count). The zero-order chi connectivity index (χ0) is 8.93. The maximum Gasteiger partial charge on any atom is 0.193 e. The Morgan fingerprint density at radius 1 is 1.50 bits per heavy atom. The maximum atomic E-state index is 5.88. The fourth-order valence-electron chi connectivity index (χ4n) is 1.72. The van der Waals surface area contributed by atoms with Crippen molar-refractivity contribution in [3.63, 3.8) is 0 Å². The molecule has 1 heterocycles. The summed E-state index contributed by atoms with van der Waals surface area (Å²) in [7, 11) is 0. The minimum atomic E-state index is 0.168. The molecule has 1 aliphatic carbocycles. The van der Waals surface area contributed by atoms with E-state index in [4.69, 9.17) is 21.8 Å². The van der Waals surface area contributed by atoms with E-state index in [1.165, 1.54) is 0 Å². The van der Waals surface area contributed by atoms with E-state index in [1.807, 2.05) is 6.07 Å². The molecule has 2 nitrogen and oxygen atoms in total. The molecule has 2 N–H and O–H groups in total. The molecule has 0 aromatic carbocycles. The van der Waals surface area contributed by atoms with Crippen LogP contribution in [0.2, 0.25) is 5.22 Å². The molecule has 1 saturated carbocycles. The van der Waals surface area contributed by atoms with Gasteiger partial charge in [-0.05, 0) is 29.1 Å². The van der Waals surface area contributed by atoms with Crippen LogP contribution in [0.4, 0.5) is 0 Å². The molecular formula is C9H12ClNO. The Kier molecular flexibility index (Phi) is 1.54. The van der Waals surface area contributed by atoms with Crippen LogP contribution in [0.15, 0.2) is 16.5 Å². The molecule has 1 aromatic heterocycles. The maximum absolute atomic E-state index is 5.88. The van der Waals surface area contributed by atoms with Gasteiger partial charge in [0.2, 0.25) is 0 Å². The Morgan fingerprint density at radius 2 is 2.08 bits per heavy atom. The van der Waals surface area contributed by atoms with Gasteiger partial charge in [0, 0.05) is 12.0 Å². The Bertz CT molecular complexity index is 305. The van der Waals surface area contributed by atoms with Crippen molar-refractivity contribution in [3.05, 3.63) is 23.1 Å². The van der Waals surface area contributed by atoms with Gasteiger partial charge in [-0.15, -0.1) is 0 Å². The first-order chi connectivity index (χ1) is 5.53. The molecule has 12 heavy (non-hydrogen) atoms. The van der Waals surface area contributed by atoms with Crippen LogP contribution >= 0.6 is 11.6 Å². The van der Waals surface area contributed by atoms with Crippen LogP contribution in [0.1, 0.15) is 25.5 Å². The second-order valence-corrected chi connectivity index (χ2v) is 4.34. The molecule has 0 aliphatic heterocycles. The third kappa shape index (κ3) is 0.985. The van der Waals surface area contributed by atoms with Gasteiger partial charge < -0.3 is 10.2 Å². The van der Waals surface area contributed by atoms with Crippen molar-refractivity contribution < 1.29 is 4.42 Å². The van der Waals surface area contributed by atoms with E-state index in [0.717, 1.165) is 5.76 Å². The van der Waals surface area contributed by atoms with E-state index < -0.39 is 0 Å². The van der Waals surface area contributed by atoms with E-state index >= 15 is 0 Å². The quantitative estimate of drug-likeness (QED) is 0.730. The second-order valence-electron chi connectivity index (χ2n) is 3.97. The van der Waals surface area contributed by atoms with E-state index in [2.05, 4.69) is 13.8 Å². The Hall–Kier alpha value is -0.470. The van der Waals surface area contributed by atoms with Crippen molar-refractivity contribution in [2.24, 2.45) is 11.1 Å². The van der Waals surface area contributed by atoms with Crippen molar-refractivity contribution >= 4 is 11.6 Å². The smallest absolute Gasteiger partial charge is 0.193 e. The predicted octanol–water partition coefficient (Wildman–Crippen LogP) is 2.38. The highest BCUT2D eigenvalue weighted by molar-refractivity contribution is 6.28. The number of rotatable bonds is 1. The third-order valence-corrected chi connectivity index (χ3v) is 3.01. The van der Waals surface area contributed by atoms with Crippen LogP contribution < -0.4 is 5.73 Å². The van der Waals surface area contributed by atoms with Crippen LogP contribution in [-0.2, 0) is 0 Å². The molecule has 66 valence electrons. The lowest BCUT2D eigenvalue weighted by Crippen LogP contribution is -2.06. The first kappa shape index (κ1) is 8.14. The van der Waals surface area contributed by atoms with E-state index in [1.54, 1.807) is 6.07 Å². The van der Waals surface area contributed by atoms with Crippen LogP contribution in [0.5, 0.6) is 0 Å². The minimum absolute atomic E-state index is 0.168. The highest BCUT2D eigenvalue weighted by Crippen LogP contribution is 2.57. The van der Waals surface area contributed by atoms with Crippen molar-refractivity contribution in [3.8, 4) is 0 Å². The summed E-state index contributed by atoms with van der Waals surface area (Å²) in [4.78, 5) is 0.